The maximum atomic E-state index is 10.6. The minimum absolute atomic E-state index is 0.146. The van der Waals surface area contributed by atoms with Gasteiger partial charge >= 0.3 is 5.97 Å². The van der Waals surface area contributed by atoms with E-state index in [1.807, 2.05) is 0 Å². The molecule has 0 saturated heterocycles. The minimum atomic E-state index is -0.489. The van der Waals surface area contributed by atoms with E-state index >= 15 is 0 Å². The lowest BCUT2D eigenvalue weighted by atomic mass is 10.0. The largest absolute Gasteiger partial charge is 0.463 e. The van der Waals surface area contributed by atoms with Gasteiger partial charge in [0.1, 0.15) is 6.61 Å². The Morgan fingerprint density at radius 3 is 1.71 bits per heavy atom. The molecular formula is C18H36O3. The van der Waals surface area contributed by atoms with Gasteiger partial charge in [-0.2, -0.15) is 0 Å². The summed E-state index contributed by atoms with van der Waals surface area (Å²) in [5, 5.41) is 9.58. The molecule has 0 aromatic heterocycles. The second kappa shape index (κ2) is 15.8. The number of unbranched alkanes of at least 4 members (excludes halogenated alkanes) is 11. The zero-order valence-electron chi connectivity index (χ0n) is 14.2. The van der Waals surface area contributed by atoms with Gasteiger partial charge < -0.3 is 9.84 Å². The summed E-state index contributed by atoms with van der Waals surface area (Å²) >= 11 is 0. The SMILES string of the molecule is CCCCCCCCCCCCCC[C@@H](O)COC(C)=O. The fraction of sp³-hybridized carbons (Fsp3) is 0.944. The molecule has 21 heavy (non-hydrogen) atoms. The van der Waals surface area contributed by atoms with Crippen molar-refractivity contribution in [3.63, 3.8) is 0 Å². The van der Waals surface area contributed by atoms with Gasteiger partial charge in [0.15, 0.2) is 0 Å². The van der Waals surface area contributed by atoms with Crippen molar-refractivity contribution < 1.29 is 14.6 Å². The number of ether oxygens (including phenoxy) is 1. The highest BCUT2D eigenvalue weighted by atomic mass is 16.5. The molecule has 126 valence electrons. The number of hydrogen-bond donors (Lipinski definition) is 1. The van der Waals surface area contributed by atoms with Crippen molar-refractivity contribution in [1.29, 1.82) is 0 Å². The summed E-state index contributed by atoms with van der Waals surface area (Å²) in [6, 6.07) is 0. The van der Waals surface area contributed by atoms with Crippen LogP contribution in [0, 0.1) is 0 Å². The van der Waals surface area contributed by atoms with E-state index in [0.29, 0.717) is 0 Å². The highest BCUT2D eigenvalue weighted by molar-refractivity contribution is 5.65. The Balaban J connectivity index is 3.10. The second-order valence-corrected chi connectivity index (χ2v) is 6.13. The van der Waals surface area contributed by atoms with Crippen LogP contribution in [-0.4, -0.2) is 23.8 Å². The van der Waals surface area contributed by atoms with Gasteiger partial charge in [0, 0.05) is 6.92 Å². The Morgan fingerprint density at radius 1 is 0.857 bits per heavy atom. The normalized spacial score (nSPS) is 12.3. The first-order chi connectivity index (χ1) is 10.2. The van der Waals surface area contributed by atoms with Gasteiger partial charge in [0.25, 0.3) is 0 Å². The van der Waals surface area contributed by atoms with Crippen molar-refractivity contribution in [1.82, 2.24) is 0 Å². The predicted octanol–water partition coefficient (Wildman–Crippen LogP) is 5.00. The van der Waals surface area contributed by atoms with Crippen molar-refractivity contribution in [2.75, 3.05) is 6.61 Å². The molecular weight excluding hydrogens is 264 g/mol. The van der Waals surface area contributed by atoms with Crippen LogP contribution < -0.4 is 0 Å². The van der Waals surface area contributed by atoms with Crippen LogP contribution in [0.25, 0.3) is 0 Å². The Hall–Kier alpha value is -0.570. The molecule has 1 atom stereocenters. The molecule has 0 radical (unpaired) electrons. The summed E-state index contributed by atoms with van der Waals surface area (Å²) < 4.78 is 4.77. The molecule has 3 heteroatoms. The average molecular weight is 300 g/mol. The van der Waals surface area contributed by atoms with E-state index in [0.717, 1.165) is 12.8 Å². The van der Waals surface area contributed by atoms with Gasteiger partial charge in [0.2, 0.25) is 0 Å². The number of esters is 1. The highest BCUT2D eigenvalue weighted by Gasteiger charge is 2.05. The number of aliphatic hydroxyl groups is 1. The average Bonchev–Trinajstić information content (AvgIpc) is 2.46. The summed E-state index contributed by atoms with van der Waals surface area (Å²) in [6.45, 7) is 3.78. The van der Waals surface area contributed by atoms with Crippen molar-refractivity contribution in [2.24, 2.45) is 0 Å². The van der Waals surface area contributed by atoms with Crippen molar-refractivity contribution in [3.05, 3.63) is 0 Å². The van der Waals surface area contributed by atoms with Crippen molar-refractivity contribution in [2.45, 2.75) is 103 Å². The van der Waals surface area contributed by atoms with Gasteiger partial charge in [-0.1, -0.05) is 84.0 Å². The molecule has 0 aliphatic heterocycles. The molecule has 0 fully saturated rings. The van der Waals surface area contributed by atoms with E-state index < -0.39 is 6.10 Å². The minimum Gasteiger partial charge on any atom is -0.463 e. The van der Waals surface area contributed by atoms with Crippen LogP contribution in [0.4, 0.5) is 0 Å². The lowest BCUT2D eigenvalue weighted by molar-refractivity contribution is -0.144. The molecule has 0 rings (SSSR count). The van der Waals surface area contributed by atoms with E-state index in [4.69, 9.17) is 4.74 Å². The van der Waals surface area contributed by atoms with Crippen LogP contribution >= 0.6 is 0 Å². The number of carbonyl (C=O) groups excluding carboxylic acids is 1. The summed E-state index contributed by atoms with van der Waals surface area (Å²) in [5.74, 6) is -0.316. The second-order valence-electron chi connectivity index (χ2n) is 6.13. The van der Waals surface area contributed by atoms with E-state index in [1.165, 1.54) is 77.6 Å². The van der Waals surface area contributed by atoms with Crippen LogP contribution in [0.5, 0.6) is 0 Å². The monoisotopic (exact) mass is 300 g/mol. The van der Waals surface area contributed by atoms with Crippen molar-refractivity contribution >= 4 is 5.97 Å². The molecule has 0 spiro atoms. The fourth-order valence-electron chi connectivity index (χ4n) is 2.52. The van der Waals surface area contributed by atoms with E-state index in [-0.39, 0.29) is 12.6 Å². The molecule has 0 aliphatic carbocycles. The Kier molecular flexibility index (Phi) is 15.4. The summed E-state index contributed by atoms with van der Waals surface area (Å²) in [6.07, 6.45) is 16.1. The number of rotatable bonds is 15. The summed E-state index contributed by atoms with van der Waals surface area (Å²) in [5.41, 5.74) is 0. The fourth-order valence-corrected chi connectivity index (χ4v) is 2.52. The van der Waals surface area contributed by atoms with Gasteiger partial charge in [-0.05, 0) is 6.42 Å². The highest BCUT2D eigenvalue weighted by Crippen LogP contribution is 2.13. The van der Waals surface area contributed by atoms with Crippen molar-refractivity contribution in [3.8, 4) is 0 Å². The molecule has 0 aromatic rings. The number of hydrogen-bond acceptors (Lipinski definition) is 3. The smallest absolute Gasteiger partial charge is 0.302 e. The van der Waals surface area contributed by atoms with Crippen LogP contribution in [-0.2, 0) is 9.53 Å². The molecule has 1 N–H and O–H groups in total. The standard InChI is InChI=1S/C18H36O3/c1-3-4-5-6-7-8-9-10-11-12-13-14-15-18(20)16-21-17(2)19/h18,20H,3-16H2,1-2H3/t18-/m1/s1. The van der Waals surface area contributed by atoms with Crippen LogP contribution in [0.3, 0.4) is 0 Å². The quantitative estimate of drug-likeness (QED) is 0.342. The lowest BCUT2D eigenvalue weighted by Gasteiger charge is -2.09. The van der Waals surface area contributed by atoms with Crippen LogP contribution in [0.15, 0.2) is 0 Å². The van der Waals surface area contributed by atoms with E-state index in [1.54, 1.807) is 0 Å². The topological polar surface area (TPSA) is 46.5 Å². The van der Waals surface area contributed by atoms with E-state index in [9.17, 15) is 9.90 Å². The Labute approximate surface area is 131 Å². The summed E-state index contributed by atoms with van der Waals surface area (Å²) in [4.78, 5) is 10.6. The zero-order chi connectivity index (χ0) is 15.8. The number of aliphatic hydroxyl groups excluding tert-OH is 1. The zero-order valence-corrected chi connectivity index (χ0v) is 14.2. The number of carbonyl (C=O) groups is 1. The molecule has 0 unspecified atom stereocenters. The van der Waals surface area contributed by atoms with Crippen LogP contribution in [0.2, 0.25) is 0 Å². The molecule has 0 bridgehead atoms. The maximum Gasteiger partial charge on any atom is 0.302 e. The van der Waals surface area contributed by atoms with Crippen LogP contribution in [0.1, 0.15) is 97.3 Å². The molecule has 0 amide bonds. The molecule has 0 aliphatic rings. The van der Waals surface area contributed by atoms with Gasteiger partial charge in [-0.25, -0.2) is 0 Å². The molecule has 0 saturated carbocycles. The van der Waals surface area contributed by atoms with Gasteiger partial charge in [-0.15, -0.1) is 0 Å². The third-order valence-corrected chi connectivity index (χ3v) is 3.87. The predicted molar refractivity (Wildman–Crippen MR) is 88.3 cm³/mol. The first kappa shape index (κ1) is 20.4. The molecule has 0 aromatic carbocycles. The summed E-state index contributed by atoms with van der Waals surface area (Å²) in [7, 11) is 0. The van der Waals surface area contributed by atoms with Gasteiger partial charge in [-0.3, -0.25) is 4.79 Å². The third kappa shape index (κ3) is 17.4. The Morgan fingerprint density at radius 2 is 1.29 bits per heavy atom. The lowest BCUT2D eigenvalue weighted by Crippen LogP contribution is -2.17. The first-order valence-corrected chi connectivity index (χ1v) is 8.98. The maximum absolute atomic E-state index is 10.6. The molecule has 3 nitrogen and oxygen atoms in total. The molecule has 0 heterocycles. The van der Waals surface area contributed by atoms with Gasteiger partial charge in [0.05, 0.1) is 6.10 Å². The first-order valence-electron chi connectivity index (χ1n) is 8.98. The third-order valence-electron chi connectivity index (χ3n) is 3.87. The van der Waals surface area contributed by atoms with E-state index in [2.05, 4.69) is 6.92 Å². The Bertz CT molecular complexity index is 229.